The molecule has 0 aliphatic carbocycles. The van der Waals surface area contributed by atoms with E-state index in [0.29, 0.717) is 0 Å². The fraction of sp³-hybridized carbons (Fsp3) is 0.429. The minimum Gasteiger partial charge on any atom is -0.205 e. The van der Waals surface area contributed by atoms with E-state index < -0.39 is 38.3 Å². The Balaban J connectivity index is 4.49. The molecule has 0 saturated carbocycles. The first-order valence-corrected chi connectivity index (χ1v) is 6.71. The molecule has 0 atom stereocenters. The van der Waals surface area contributed by atoms with Gasteiger partial charge < -0.3 is 0 Å². The molecule has 0 bridgehead atoms. The summed E-state index contributed by atoms with van der Waals surface area (Å²) in [6.45, 7) is -3.00. The van der Waals surface area contributed by atoms with E-state index in [0.717, 1.165) is 0 Å². The van der Waals surface area contributed by atoms with Crippen LogP contribution in [0.3, 0.4) is 0 Å². The fourth-order valence-electron chi connectivity index (χ4n) is 0.519. The zero-order valence-electron chi connectivity index (χ0n) is 7.79. The lowest BCUT2D eigenvalue weighted by molar-refractivity contribution is -0.0886. The molecular formula is C7H7FO6S2. The number of alkyl halides is 1. The van der Waals surface area contributed by atoms with Crippen LogP contribution in [-0.2, 0) is 28.6 Å². The third-order valence-corrected chi connectivity index (χ3v) is 2.89. The van der Waals surface area contributed by atoms with E-state index in [9.17, 15) is 21.2 Å². The van der Waals surface area contributed by atoms with E-state index in [1.54, 1.807) is 11.8 Å². The van der Waals surface area contributed by atoms with Gasteiger partial charge >= 0.3 is 6.54 Å². The molecule has 16 heavy (non-hydrogen) atoms. The van der Waals surface area contributed by atoms with Crippen molar-refractivity contribution < 1.29 is 29.6 Å². The van der Waals surface area contributed by atoms with E-state index in [4.69, 9.17) is 0 Å². The first kappa shape index (κ1) is 14.9. The molecule has 0 rings (SSSR count). The van der Waals surface area contributed by atoms with E-state index >= 15 is 0 Å². The lowest BCUT2D eigenvalue weighted by Crippen LogP contribution is -2.23. The van der Waals surface area contributed by atoms with Crippen molar-refractivity contribution in [3.8, 4) is 24.7 Å². The Bertz CT molecular complexity index is 458. The molecule has 0 fully saturated rings. The van der Waals surface area contributed by atoms with Gasteiger partial charge in [-0.15, -0.1) is 12.8 Å². The summed E-state index contributed by atoms with van der Waals surface area (Å²) in [5, 5.41) is 0. The molecule has 6 nitrogen and oxygen atoms in total. The minimum absolute atomic E-state index is 0.911. The molecule has 9 heteroatoms. The average Bonchev–Trinajstić information content (AvgIpc) is 1.99. The normalized spacial score (nSPS) is 12.0. The molecule has 0 saturated heterocycles. The molecule has 0 aromatic carbocycles. The first-order valence-electron chi connectivity index (χ1n) is 3.55. The Morgan fingerprint density at radius 2 is 1.31 bits per heavy atom. The van der Waals surface area contributed by atoms with Crippen LogP contribution >= 0.6 is 0 Å². The van der Waals surface area contributed by atoms with Crippen molar-refractivity contribution in [2.45, 2.75) is 6.54 Å². The van der Waals surface area contributed by atoms with E-state index in [-0.39, 0.29) is 0 Å². The van der Waals surface area contributed by atoms with Crippen molar-refractivity contribution in [2.75, 3.05) is 11.5 Å². The summed E-state index contributed by atoms with van der Waals surface area (Å²) in [6.07, 6.45) is 9.30. The van der Waals surface area contributed by atoms with Crippen LogP contribution in [0, 0.1) is 24.7 Å². The smallest absolute Gasteiger partial charge is 0.205 e. The Labute approximate surface area is 93.0 Å². The molecule has 0 radical (unpaired) electrons. The maximum atomic E-state index is 12.7. The monoisotopic (exact) mass is 270 g/mol. The number of terminal acetylenes is 2. The van der Waals surface area contributed by atoms with Crippen molar-refractivity contribution in [1.82, 2.24) is 0 Å². The second-order valence-corrected chi connectivity index (χ2v) is 5.47. The van der Waals surface area contributed by atoms with Crippen LogP contribution in [0.2, 0.25) is 0 Å². The predicted molar refractivity (Wildman–Crippen MR) is 52.3 cm³/mol. The topological polar surface area (TPSA) is 86.7 Å². The van der Waals surface area contributed by atoms with Crippen LogP contribution in [0.4, 0.5) is 4.39 Å². The molecule has 0 amide bonds. The zero-order chi connectivity index (χ0) is 12.8. The second-order valence-electron chi connectivity index (χ2n) is 2.28. The van der Waals surface area contributed by atoms with Gasteiger partial charge in [-0.05, 0) is 0 Å². The van der Waals surface area contributed by atoms with E-state index in [1.165, 1.54) is 0 Å². The Kier molecular flexibility index (Phi) is 5.41. The molecule has 0 aliphatic heterocycles. The van der Waals surface area contributed by atoms with Gasteiger partial charge in [0, 0.05) is 0 Å². The van der Waals surface area contributed by atoms with Gasteiger partial charge in [0.05, 0.1) is 0 Å². The standard InChI is InChI=1S/C7H7FO6S2/c1-3-5-15(9,10)13-7(8)14-16(11,12)6-4-2/h1-2,7H,5-6H2. The Morgan fingerprint density at radius 1 is 1.00 bits per heavy atom. The minimum atomic E-state index is -4.37. The molecule has 0 aliphatic rings. The molecule has 0 unspecified atom stereocenters. The lowest BCUT2D eigenvalue weighted by Gasteiger charge is -2.08. The van der Waals surface area contributed by atoms with Gasteiger partial charge in [-0.3, -0.25) is 0 Å². The van der Waals surface area contributed by atoms with Crippen molar-refractivity contribution >= 4 is 20.2 Å². The van der Waals surface area contributed by atoms with Gasteiger partial charge in [-0.25, -0.2) is 8.37 Å². The van der Waals surface area contributed by atoms with Crippen molar-refractivity contribution in [1.29, 1.82) is 0 Å². The zero-order valence-corrected chi connectivity index (χ0v) is 9.42. The van der Waals surface area contributed by atoms with Gasteiger partial charge in [0.25, 0.3) is 20.2 Å². The van der Waals surface area contributed by atoms with Crippen LogP contribution in [0.25, 0.3) is 0 Å². The lowest BCUT2D eigenvalue weighted by atomic mass is 10.8. The highest BCUT2D eigenvalue weighted by atomic mass is 32.2. The average molecular weight is 270 g/mol. The van der Waals surface area contributed by atoms with Crippen LogP contribution in [-0.4, -0.2) is 34.9 Å². The number of halogens is 1. The van der Waals surface area contributed by atoms with Crippen LogP contribution in [0.5, 0.6) is 0 Å². The molecule has 0 aromatic heterocycles. The van der Waals surface area contributed by atoms with E-state index in [2.05, 4.69) is 21.2 Å². The summed E-state index contributed by atoms with van der Waals surface area (Å²) < 4.78 is 63.1. The summed E-state index contributed by atoms with van der Waals surface area (Å²) >= 11 is 0. The third kappa shape index (κ3) is 6.37. The quantitative estimate of drug-likeness (QED) is 0.357. The van der Waals surface area contributed by atoms with Crippen molar-refractivity contribution in [3.05, 3.63) is 0 Å². The van der Waals surface area contributed by atoms with Crippen molar-refractivity contribution in [3.63, 3.8) is 0 Å². The fourth-order valence-corrected chi connectivity index (χ4v) is 1.65. The first-order chi connectivity index (χ1) is 7.22. The molecule has 90 valence electrons. The molecule has 0 aromatic rings. The van der Waals surface area contributed by atoms with Gasteiger partial charge in [0.2, 0.25) is 0 Å². The van der Waals surface area contributed by atoms with Crippen LogP contribution in [0.15, 0.2) is 0 Å². The van der Waals surface area contributed by atoms with Gasteiger partial charge in [0.1, 0.15) is 11.5 Å². The summed E-state index contributed by atoms with van der Waals surface area (Å²) in [5.41, 5.74) is 0. The second kappa shape index (κ2) is 5.82. The largest absolute Gasteiger partial charge is 0.338 e. The summed E-state index contributed by atoms with van der Waals surface area (Å²) in [6, 6.07) is 0. The molecule has 0 spiro atoms. The molecular weight excluding hydrogens is 263 g/mol. The highest BCUT2D eigenvalue weighted by Crippen LogP contribution is 2.07. The van der Waals surface area contributed by atoms with Crippen LogP contribution in [0.1, 0.15) is 0 Å². The maximum absolute atomic E-state index is 12.7. The van der Waals surface area contributed by atoms with Gasteiger partial charge in [0.15, 0.2) is 0 Å². The number of hydrogen-bond donors (Lipinski definition) is 0. The highest BCUT2D eigenvalue weighted by Gasteiger charge is 2.24. The summed E-state index contributed by atoms with van der Waals surface area (Å²) in [7, 11) is -8.74. The third-order valence-electron chi connectivity index (χ3n) is 0.965. The molecule has 0 heterocycles. The number of rotatable bonds is 6. The Hall–Kier alpha value is -1.13. The summed E-state index contributed by atoms with van der Waals surface area (Å²) in [5.74, 6) is 1.55. The van der Waals surface area contributed by atoms with E-state index in [1.807, 2.05) is 0 Å². The predicted octanol–water partition coefficient (Wildman–Crippen LogP) is -0.801. The molecule has 0 N–H and O–H groups in total. The highest BCUT2D eigenvalue weighted by molar-refractivity contribution is 7.87. The van der Waals surface area contributed by atoms with Crippen molar-refractivity contribution in [2.24, 2.45) is 0 Å². The summed E-state index contributed by atoms with van der Waals surface area (Å²) in [4.78, 5) is 0. The van der Waals surface area contributed by atoms with Gasteiger partial charge in [-0.2, -0.15) is 21.2 Å². The maximum Gasteiger partial charge on any atom is 0.338 e. The Morgan fingerprint density at radius 3 is 1.56 bits per heavy atom. The SMILES string of the molecule is C#CCS(=O)(=O)OC(F)OS(=O)(=O)CC#C. The van der Waals surface area contributed by atoms with Gasteiger partial charge in [-0.1, -0.05) is 11.8 Å². The number of hydrogen-bond acceptors (Lipinski definition) is 6. The van der Waals surface area contributed by atoms with Crippen LogP contribution < -0.4 is 0 Å².